The fourth-order valence-electron chi connectivity index (χ4n) is 1.58. The van der Waals surface area contributed by atoms with Crippen LogP contribution in [0.4, 0.5) is 0 Å². The molecule has 0 aliphatic rings. The molecule has 17 heavy (non-hydrogen) atoms. The minimum absolute atomic E-state index is 0.0995. The number of nitrogens with zero attached hydrogens (tertiary/aromatic N) is 2. The monoisotopic (exact) mass is 301 g/mol. The van der Waals surface area contributed by atoms with Gasteiger partial charge in [0.25, 0.3) is 5.91 Å². The number of carbonyl (C=O) groups is 1. The lowest BCUT2D eigenvalue weighted by Gasteiger charge is -2.24. The first-order valence-electron chi connectivity index (χ1n) is 5.78. The first-order valence-corrected chi connectivity index (χ1v) is 6.90. The van der Waals surface area contributed by atoms with Crippen LogP contribution >= 0.6 is 15.9 Å². The number of hydrogen-bond donors (Lipinski definition) is 1. The van der Waals surface area contributed by atoms with Gasteiger partial charge in [-0.25, -0.2) is 0 Å². The number of halogens is 1. The van der Waals surface area contributed by atoms with Crippen molar-refractivity contribution in [2.24, 2.45) is 12.5 Å². The third-order valence-corrected chi connectivity index (χ3v) is 3.22. The van der Waals surface area contributed by atoms with Crippen LogP contribution in [0.15, 0.2) is 12.3 Å². The Morgan fingerprint density at radius 2 is 2.29 bits per heavy atom. The van der Waals surface area contributed by atoms with Crippen LogP contribution < -0.4 is 5.32 Å². The smallest absolute Gasteiger partial charge is 0.271 e. The van der Waals surface area contributed by atoms with E-state index < -0.39 is 0 Å². The molecule has 0 atom stereocenters. The van der Waals surface area contributed by atoms with Crippen molar-refractivity contribution in [3.05, 3.63) is 18.0 Å². The van der Waals surface area contributed by atoms with Crippen molar-refractivity contribution in [1.29, 1.82) is 0 Å². The van der Waals surface area contributed by atoms with Crippen LogP contribution in [0.3, 0.4) is 0 Å². The number of carbonyl (C=O) groups excluding carboxylic acids is 1. The Labute approximate surface area is 111 Å². The highest BCUT2D eigenvalue weighted by Crippen LogP contribution is 2.21. The summed E-state index contributed by atoms with van der Waals surface area (Å²) in [6.45, 7) is 5.00. The molecule has 5 heteroatoms. The van der Waals surface area contributed by atoms with Gasteiger partial charge in [0, 0.05) is 25.1 Å². The summed E-state index contributed by atoms with van der Waals surface area (Å²) in [5.41, 5.74) is 0.599. The summed E-state index contributed by atoms with van der Waals surface area (Å²) >= 11 is 3.42. The summed E-state index contributed by atoms with van der Waals surface area (Å²) in [4.78, 5) is 11.8. The van der Waals surface area contributed by atoms with Crippen LogP contribution in [-0.4, -0.2) is 27.6 Å². The Balaban J connectivity index is 2.42. The van der Waals surface area contributed by atoms with Crippen molar-refractivity contribution in [3.8, 4) is 0 Å². The van der Waals surface area contributed by atoms with Crippen LogP contribution in [0, 0.1) is 5.41 Å². The van der Waals surface area contributed by atoms with Crippen molar-refractivity contribution in [2.45, 2.75) is 26.7 Å². The fraction of sp³-hybridized carbons (Fsp3) is 0.667. The van der Waals surface area contributed by atoms with Gasteiger partial charge in [-0.3, -0.25) is 9.48 Å². The topological polar surface area (TPSA) is 46.9 Å². The van der Waals surface area contributed by atoms with E-state index in [0.717, 1.165) is 18.2 Å². The predicted molar refractivity (Wildman–Crippen MR) is 72.4 cm³/mol. The Morgan fingerprint density at radius 1 is 1.59 bits per heavy atom. The van der Waals surface area contributed by atoms with E-state index in [2.05, 4.69) is 40.2 Å². The molecule has 0 fully saturated rings. The second kappa shape index (κ2) is 6.19. The van der Waals surface area contributed by atoms with Crippen LogP contribution in [0.25, 0.3) is 0 Å². The maximum absolute atomic E-state index is 11.8. The second-order valence-electron chi connectivity index (χ2n) is 5.01. The normalized spacial score (nSPS) is 11.5. The molecule has 1 amide bonds. The minimum Gasteiger partial charge on any atom is -0.350 e. The molecule has 0 aliphatic carbocycles. The van der Waals surface area contributed by atoms with E-state index in [1.165, 1.54) is 0 Å². The highest BCUT2D eigenvalue weighted by molar-refractivity contribution is 9.09. The molecule has 0 aromatic carbocycles. The summed E-state index contributed by atoms with van der Waals surface area (Å²) < 4.78 is 1.63. The van der Waals surface area contributed by atoms with E-state index in [0.29, 0.717) is 12.2 Å². The van der Waals surface area contributed by atoms with Crippen molar-refractivity contribution < 1.29 is 4.79 Å². The van der Waals surface area contributed by atoms with Crippen LogP contribution in [0.2, 0.25) is 0 Å². The molecule has 0 aliphatic heterocycles. The van der Waals surface area contributed by atoms with E-state index in [-0.39, 0.29) is 11.3 Å². The molecule has 0 saturated heterocycles. The first kappa shape index (κ1) is 14.2. The molecule has 0 bridgehead atoms. The van der Waals surface area contributed by atoms with Crippen LogP contribution in [-0.2, 0) is 7.05 Å². The van der Waals surface area contributed by atoms with Crippen molar-refractivity contribution >= 4 is 21.8 Å². The van der Waals surface area contributed by atoms with Gasteiger partial charge in [-0.2, -0.15) is 5.10 Å². The van der Waals surface area contributed by atoms with Gasteiger partial charge in [0.05, 0.1) is 0 Å². The van der Waals surface area contributed by atoms with Crippen molar-refractivity contribution in [3.63, 3.8) is 0 Å². The Morgan fingerprint density at radius 3 is 2.82 bits per heavy atom. The molecule has 0 saturated carbocycles. The summed E-state index contributed by atoms with van der Waals surface area (Å²) in [5, 5.41) is 8.01. The minimum atomic E-state index is -0.0995. The Kier molecular flexibility index (Phi) is 5.18. The summed E-state index contributed by atoms with van der Waals surface area (Å²) in [6.07, 6.45) is 3.97. The zero-order valence-electron chi connectivity index (χ0n) is 10.7. The Hall–Kier alpha value is -0.840. The lowest BCUT2D eigenvalue weighted by Crippen LogP contribution is -2.34. The van der Waals surface area contributed by atoms with Crippen molar-refractivity contribution in [2.75, 3.05) is 11.9 Å². The number of hydrogen-bond acceptors (Lipinski definition) is 2. The van der Waals surface area contributed by atoms with Crippen LogP contribution in [0.5, 0.6) is 0 Å². The number of nitrogens with one attached hydrogen (secondary N) is 1. The lowest BCUT2D eigenvalue weighted by molar-refractivity contribution is 0.0929. The molecule has 1 aromatic heterocycles. The highest BCUT2D eigenvalue weighted by atomic mass is 79.9. The van der Waals surface area contributed by atoms with Crippen LogP contribution in [0.1, 0.15) is 37.2 Å². The average molecular weight is 302 g/mol. The highest BCUT2D eigenvalue weighted by Gasteiger charge is 2.19. The third kappa shape index (κ3) is 4.89. The molecule has 1 rings (SSSR count). The number of amides is 1. The van der Waals surface area contributed by atoms with Gasteiger partial charge in [0.1, 0.15) is 5.69 Å². The quantitative estimate of drug-likeness (QED) is 0.820. The Bertz CT molecular complexity index is 374. The molecule has 1 aromatic rings. The molecule has 1 N–H and O–H groups in total. The summed E-state index contributed by atoms with van der Waals surface area (Å²) in [7, 11) is 1.80. The van der Waals surface area contributed by atoms with Gasteiger partial charge in [0.15, 0.2) is 0 Å². The van der Waals surface area contributed by atoms with E-state index in [1.807, 2.05) is 0 Å². The molecular weight excluding hydrogens is 282 g/mol. The number of aryl methyl sites for hydroxylation is 1. The molecule has 0 unspecified atom stereocenters. The van der Waals surface area contributed by atoms with Crippen molar-refractivity contribution in [1.82, 2.24) is 15.1 Å². The molecule has 4 nitrogen and oxygen atoms in total. The number of alkyl halides is 1. The SMILES string of the molecule is Cn1ccc(C(=O)NCC(C)(C)CCCBr)n1. The average Bonchev–Trinajstić information content (AvgIpc) is 2.70. The summed E-state index contributed by atoms with van der Waals surface area (Å²) in [5.74, 6) is -0.0995. The van der Waals surface area contributed by atoms with E-state index in [1.54, 1.807) is 24.0 Å². The first-order chi connectivity index (χ1) is 7.94. The number of aromatic nitrogens is 2. The van der Waals surface area contributed by atoms with Gasteiger partial charge < -0.3 is 5.32 Å². The van der Waals surface area contributed by atoms with E-state index in [4.69, 9.17) is 0 Å². The molecule has 0 spiro atoms. The number of rotatable bonds is 6. The molecule has 1 heterocycles. The molecule has 0 radical (unpaired) electrons. The second-order valence-corrected chi connectivity index (χ2v) is 5.81. The largest absolute Gasteiger partial charge is 0.350 e. The van der Waals surface area contributed by atoms with Gasteiger partial charge >= 0.3 is 0 Å². The molecular formula is C12H20BrN3O. The lowest BCUT2D eigenvalue weighted by atomic mass is 9.88. The molecule has 96 valence electrons. The van der Waals surface area contributed by atoms with Gasteiger partial charge in [-0.1, -0.05) is 29.8 Å². The maximum Gasteiger partial charge on any atom is 0.271 e. The van der Waals surface area contributed by atoms with E-state index >= 15 is 0 Å². The fourth-order valence-corrected chi connectivity index (χ4v) is 1.86. The zero-order chi connectivity index (χ0) is 12.9. The van der Waals surface area contributed by atoms with Gasteiger partial charge in [0.2, 0.25) is 0 Å². The van der Waals surface area contributed by atoms with Gasteiger partial charge in [-0.05, 0) is 24.3 Å². The summed E-state index contributed by atoms with van der Waals surface area (Å²) in [6, 6.07) is 1.72. The maximum atomic E-state index is 11.8. The predicted octanol–water partition coefficient (Wildman–Crippen LogP) is 2.35. The van der Waals surface area contributed by atoms with E-state index in [9.17, 15) is 4.79 Å². The zero-order valence-corrected chi connectivity index (χ0v) is 12.2. The van der Waals surface area contributed by atoms with Gasteiger partial charge in [-0.15, -0.1) is 0 Å². The standard InChI is InChI=1S/C12H20BrN3O/c1-12(2,6-4-7-13)9-14-11(17)10-5-8-16(3)15-10/h5,8H,4,6-7,9H2,1-3H3,(H,14,17). The third-order valence-electron chi connectivity index (χ3n) is 2.66.